The van der Waals surface area contributed by atoms with Crippen LogP contribution < -0.4 is 15.4 Å². The van der Waals surface area contributed by atoms with Crippen LogP contribution in [0.15, 0.2) is 48.5 Å². The van der Waals surface area contributed by atoms with Crippen LogP contribution in [0.5, 0.6) is 5.75 Å². The average molecular weight is 370 g/mol. The summed E-state index contributed by atoms with van der Waals surface area (Å²) in [5.41, 5.74) is 1.64. The molecule has 0 spiro atoms. The van der Waals surface area contributed by atoms with Crippen molar-refractivity contribution in [3.8, 4) is 5.75 Å². The zero-order chi connectivity index (χ0) is 19.9. The molecule has 0 heterocycles. The van der Waals surface area contributed by atoms with Gasteiger partial charge in [-0.3, -0.25) is 9.59 Å². The minimum Gasteiger partial charge on any atom is -0.495 e. The molecule has 0 radical (unpaired) electrons. The number of carbonyl (C=O) groups is 2. The van der Waals surface area contributed by atoms with Crippen molar-refractivity contribution in [3.05, 3.63) is 59.7 Å². The number of ether oxygens (including phenoxy) is 2. The van der Waals surface area contributed by atoms with Crippen LogP contribution in [0.25, 0.3) is 0 Å². The second-order valence-corrected chi connectivity index (χ2v) is 6.26. The van der Waals surface area contributed by atoms with Crippen molar-refractivity contribution >= 4 is 17.5 Å². The molecule has 0 aliphatic rings. The zero-order valence-corrected chi connectivity index (χ0v) is 16.2. The lowest BCUT2D eigenvalue weighted by molar-refractivity contribution is -0.137. The highest BCUT2D eigenvalue weighted by Gasteiger charge is 2.31. The SMILES string of the molecule is CCC(CNC(=O)C(=O)Nc1cc(C)ccc1OC)(OC)c1ccccc1. The van der Waals surface area contributed by atoms with Crippen LogP contribution in [0, 0.1) is 6.92 Å². The summed E-state index contributed by atoms with van der Waals surface area (Å²) in [4.78, 5) is 24.6. The molecule has 2 rings (SSSR count). The smallest absolute Gasteiger partial charge is 0.313 e. The van der Waals surface area contributed by atoms with Gasteiger partial charge in [0.2, 0.25) is 0 Å². The van der Waals surface area contributed by atoms with E-state index < -0.39 is 17.4 Å². The van der Waals surface area contributed by atoms with Crippen LogP contribution in [0.4, 0.5) is 5.69 Å². The van der Waals surface area contributed by atoms with Crippen molar-refractivity contribution in [1.82, 2.24) is 5.32 Å². The molecule has 2 aromatic carbocycles. The molecule has 2 amide bonds. The molecule has 0 bridgehead atoms. The number of hydrogen-bond acceptors (Lipinski definition) is 4. The molecule has 0 saturated carbocycles. The van der Waals surface area contributed by atoms with Gasteiger partial charge in [-0.15, -0.1) is 0 Å². The standard InChI is InChI=1S/C21H26N2O4/c1-5-21(27-4,16-9-7-6-8-10-16)14-22-19(24)20(25)23-17-13-15(2)11-12-18(17)26-3/h6-13H,5,14H2,1-4H3,(H,22,24)(H,23,25). The Morgan fingerprint density at radius 1 is 1.04 bits per heavy atom. The fourth-order valence-electron chi connectivity index (χ4n) is 2.91. The molecule has 6 heteroatoms. The fourth-order valence-corrected chi connectivity index (χ4v) is 2.91. The summed E-state index contributed by atoms with van der Waals surface area (Å²) >= 11 is 0. The van der Waals surface area contributed by atoms with Crippen molar-refractivity contribution in [2.24, 2.45) is 0 Å². The third-order valence-electron chi connectivity index (χ3n) is 4.61. The van der Waals surface area contributed by atoms with Gasteiger partial charge >= 0.3 is 11.8 Å². The first-order valence-corrected chi connectivity index (χ1v) is 8.80. The van der Waals surface area contributed by atoms with E-state index in [1.165, 1.54) is 7.11 Å². The van der Waals surface area contributed by atoms with Gasteiger partial charge in [-0.25, -0.2) is 0 Å². The van der Waals surface area contributed by atoms with E-state index in [1.807, 2.05) is 50.2 Å². The first-order valence-electron chi connectivity index (χ1n) is 8.80. The highest BCUT2D eigenvalue weighted by molar-refractivity contribution is 6.39. The molecule has 0 fully saturated rings. The number of aryl methyl sites for hydroxylation is 1. The first-order chi connectivity index (χ1) is 13.0. The average Bonchev–Trinajstić information content (AvgIpc) is 2.70. The maximum Gasteiger partial charge on any atom is 0.313 e. The molecule has 0 aliphatic heterocycles. The van der Waals surface area contributed by atoms with Gasteiger partial charge in [-0.05, 0) is 36.6 Å². The molecule has 2 aromatic rings. The molecule has 0 aliphatic carbocycles. The van der Waals surface area contributed by atoms with Gasteiger partial charge in [0.15, 0.2) is 0 Å². The lowest BCUT2D eigenvalue weighted by Crippen LogP contribution is -2.45. The maximum atomic E-state index is 12.3. The zero-order valence-electron chi connectivity index (χ0n) is 16.2. The van der Waals surface area contributed by atoms with E-state index in [0.29, 0.717) is 17.9 Å². The van der Waals surface area contributed by atoms with Crippen molar-refractivity contribution in [1.29, 1.82) is 0 Å². The van der Waals surface area contributed by atoms with Gasteiger partial charge in [0.05, 0.1) is 19.3 Å². The van der Waals surface area contributed by atoms with Crippen molar-refractivity contribution < 1.29 is 19.1 Å². The Hall–Kier alpha value is -2.86. The number of nitrogens with one attached hydrogen (secondary N) is 2. The topological polar surface area (TPSA) is 76.7 Å². The van der Waals surface area contributed by atoms with Crippen LogP contribution in [-0.2, 0) is 19.9 Å². The summed E-state index contributed by atoms with van der Waals surface area (Å²) in [5.74, 6) is -0.997. The number of benzene rings is 2. The van der Waals surface area contributed by atoms with E-state index in [2.05, 4.69) is 10.6 Å². The third kappa shape index (κ3) is 4.86. The van der Waals surface area contributed by atoms with E-state index in [9.17, 15) is 9.59 Å². The molecular formula is C21H26N2O4. The Morgan fingerprint density at radius 2 is 1.74 bits per heavy atom. The summed E-state index contributed by atoms with van der Waals surface area (Å²) in [6.07, 6.45) is 0.640. The van der Waals surface area contributed by atoms with Gasteiger partial charge in [0, 0.05) is 7.11 Å². The molecule has 1 unspecified atom stereocenters. The lowest BCUT2D eigenvalue weighted by Gasteiger charge is -2.32. The van der Waals surface area contributed by atoms with Gasteiger partial charge < -0.3 is 20.1 Å². The highest BCUT2D eigenvalue weighted by Crippen LogP contribution is 2.28. The second kappa shape index (κ2) is 9.19. The highest BCUT2D eigenvalue weighted by atomic mass is 16.5. The molecular weight excluding hydrogens is 344 g/mol. The monoisotopic (exact) mass is 370 g/mol. The van der Waals surface area contributed by atoms with Crippen LogP contribution >= 0.6 is 0 Å². The summed E-state index contributed by atoms with van der Waals surface area (Å²) in [6.45, 7) is 4.05. The lowest BCUT2D eigenvalue weighted by atomic mass is 9.90. The number of methoxy groups -OCH3 is 2. The maximum absolute atomic E-state index is 12.3. The molecule has 144 valence electrons. The van der Waals surface area contributed by atoms with Crippen LogP contribution in [0.2, 0.25) is 0 Å². The van der Waals surface area contributed by atoms with E-state index in [1.54, 1.807) is 19.2 Å². The summed E-state index contributed by atoms with van der Waals surface area (Å²) in [6, 6.07) is 15.0. The third-order valence-corrected chi connectivity index (χ3v) is 4.61. The normalized spacial score (nSPS) is 12.7. The number of amides is 2. The molecule has 1 atom stereocenters. The second-order valence-electron chi connectivity index (χ2n) is 6.26. The van der Waals surface area contributed by atoms with E-state index in [0.717, 1.165) is 11.1 Å². The summed E-state index contributed by atoms with van der Waals surface area (Å²) in [5, 5.41) is 5.28. The van der Waals surface area contributed by atoms with Crippen molar-refractivity contribution in [2.45, 2.75) is 25.9 Å². The van der Waals surface area contributed by atoms with Crippen LogP contribution in [-0.4, -0.2) is 32.6 Å². The minimum absolute atomic E-state index is 0.182. The molecule has 27 heavy (non-hydrogen) atoms. The van der Waals surface area contributed by atoms with E-state index >= 15 is 0 Å². The Bertz CT molecular complexity index is 786. The Kier molecular flexibility index (Phi) is 6.96. The number of hydrogen-bond donors (Lipinski definition) is 2. The quantitative estimate of drug-likeness (QED) is 0.735. The number of rotatable bonds is 7. The predicted octanol–water partition coefficient (Wildman–Crippen LogP) is 3.01. The molecule has 2 N–H and O–H groups in total. The van der Waals surface area contributed by atoms with Crippen molar-refractivity contribution in [3.63, 3.8) is 0 Å². The Morgan fingerprint density at radius 3 is 2.33 bits per heavy atom. The van der Waals surface area contributed by atoms with E-state index in [-0.39, 0.29) is 6.54 Å². The minimum atomic E-state index is -0.756. The molecule has 0 aromatic heterocycles. The molecule has 0 saturated heterocycles. The summed E-state index contributed by atoms with van der Waals surface area (Å²) in [7, 11) is 3.11. The number of anilines is 1. The van der Waals surface area contributed by atoms with Crippen LogP contribution in [0.3, 0.4) is 0 Å². The van der Waals surface area contributed by atoms with Gasteiger partial charge in [0.25, 0.3) is 0 Å². The molecule has 6 nitrogen and oxygen atoms in total. The van der Waals surface area contributed by atoms with Gasteiger partial charge in [-0.2, -0.15) is 0 Å². The fraction of sp³-hybridized carbons (Fsp3) is 0.333. The largest absolute Gasteiger partial charge is 0.495 e. The summed E-state index contributed by atoms with van der Waals surface area (Å²) < 4.78 is 10.9. The first kappa shape index (κ1) is 20.5. The van der Waals surface area contributed by atoms with Crippen LogP contribution in [0.1, 0.15) is 24.5 Å². The Balaban J connectivity index is 2.08. The number of carbonyl (C=O) groups excluding carboxylic acids is 2. The van der Waals surface area contributed by atoms with Crippen molar-refractivity contribution in [2.75, 3.05) is 26.1 Å². The Labute approximate surface area is 159 Å². The van der Waals surface area contributed by atoms with Gasteiger partial charge in [0.1, 0.15) is 11.4 Å². The van der Waals surface area contributed by atoms with E-state index in [4.69, 9.17) is 9.47 Å². The van der Waals surface area contributed by atoms with Gasteiger partial charge in [-0.1, -0.05) is 43.3 Å². The predicted molar refractivity (Wildman–Crippen MR) is 105 cm³/mol.